The molecular weight excluding hydrogens is 313 g/mol. The van der Waals surface area contributed by atoms with Crippen LogP contribution in [0.1, 0.15) is 29.0 Å². The Morgan fingerprint density at radius 3 is 2.67 bits per heavy atom. The fourth-order valence-corrected chi connectivity index (χ4v) is 3.45. The summed E-state index contributed by atoms with van der Waals surface area (Å²) in [6.07, 6.45) is 0. The topological polar surface area (TPSA) is 12.0 Å². The molecule has 1 aromatic heterocycles. The highest BCUT2D eigenvalue weighted by Crippen LogP contribution is 2.31. The molecule has 0 fully saturated rings. The molecule has 0 aliphatic carbocycles. The molecule has 0 saturated heterocycles. The summed E-state index contributed by atoms with van der Waals surface area (Å²) in [7, 11) is 0. The van der Waals surface area contributed by atoms with Crippen LogP contribution in [0.3, 0.4) is 0 Å². The van der Waals surface area contributed by atoms with E-state index < -0.39 is 0 Å². The Labute approximate surface area is 119 Å². The van der Waals surface area contributed by atoms with Crippen LogP contribution >= 0.6 is 27.3 Å². The SMILES string of the molecule is CCNC(c1ccc(F)c(C)c1)c1ccc(Br)s1. The van der Waals surface area contributed by atoms with Crippen LogP contribution < -0.4 is 5.32 Å². The molecule has 96 valence electrons. The van der Waals surface area contributed by atoms with E-state index in [1.165, 1.54) is 10.9 Å². The van der Waals surface area contributed by atoms with E-state index in [-0.39, 0.29) is 11.9 Å². The van der Waals surface area contributed by atoms with E-state index in [1.54, 1.807) is 18.3 Å². The number of rotatable bonds is 4. The first-order valence-electron chi connectivity index (χ1n) is 5.86. The van der Waals surface area contributed by atoms with Gasteiger partial charge < -0.3 is 5.32 Å². The number of nitrogens with one attached hydrogen (secondary N) is 1. The fourth-order valence-electron chi connectivity index (χ4n) is 1.92. The lowest BCUT2D eigenvalue weighted by atomic mass is 10.0. The maximum absolute atomic E-state index is 13.3. The first kappa shape index (κ1) is 13.7. The number of thiophene rings is 1. The Morgan fingerprint density at radius 1 is 1.33 bits per heavy atom. The Kier molecular flexibility index (Phi) is 4.54. The minimum atomic E-state index is -0.152. The molecule has 0 radical (unpaired) electrons. The number of hydrogen-bond donors (Lipinski definition) is 1. The van der Waals surface area contributed by atoms with E-state index in [1.807, 2.05) is 18.2 Å². The molecule has 0 aliphatic heterocycles. The molecule has 2 aromatic rings. The zero-order chi connectivity index (χ0) is 13.1. The van der Waals surface area contributed by atoms with Gasteiger partial charge in [0.15, 0.2) is 0 Å². The summed E-state index contributed by atoms with van der Waals surface area (Å²) in [6, 6.07) is 9.57. The molecule has 0 spiro atoms. The Hall–Kier alpha value is -0.710. The van der Waals surface area contributed by atoms with Crippen molar-refractivity contribution in [1.82, 2.24) is 5.32 Å². The summed E-state index contributed by atoms with van der Waals surface area (Å²) in [5, 5.41) is 3.44. The zero-order valence-corrected chi connectivity index (χ0v) is 12.7. The van der Waals surface area contributed by atoms with Crippen LogP contribution in [0, 0.1) is 12.7 Å². The lowest BCUT2D eigenvalue weighted by Gasteiger charge is -2.17. The fraction of sp³-hybridized carbons (Fsp3) is 0.286. The zero-order valence-electron chi connectivity index (χ0n) is 10.3. The first-order valence-corrected chi connectivity index (χ1v) is 7.47. The smallest absolute Gasteiger partial charge is 0.126 e. The largest absolute Gasteiger partial charge is 0.306 e. The van der Waals surface area contributed by atoms with Crippen molar-refractivity contribution >= 4 is 27.3 Å². The molecule has 1 N–H and O–H groups in total. The Bertz CT molecular complexity index is 538. The molecule has 1 nitrogen and oxygen atoms in total. The first-order chi connectivity index (χ1) is 8.61. The van der Waals surface area contributed by atoms with Gasteiger partial charge in [0.05, 0.1) is 9.83 Å². The summed E-state index contributed by atoms with van der Waals surface area (Å²) in [4.78, 5) is 1.23. The second-order valence-corrected chi connectivity index (χ2v) is 6.64. The molecule has 0 amide bonds. The Morgan fingerprint density at radius 2 is 2.11 bits per heavy atom. The predicted molar refractivity (Wildman–Crippen MR) is 78.7 cm³/mol. The van der Waals surface area contributed by atoms with Gasteiger partial charge in [0.25, 0.3) is 0 Å². The van der Waals surface area contributed by atoms with Crippen LogP contribution in [0.4, 0.5) is 4.39 Å². The van der Waals surface area contributed by atoms with Crippen molar-refractivity contribution < 1.29 is 4.39 Å². The monoisotopic (exact) mass is 327 g/mol. The average molecular weight is 328 g/mol. The van der Waals surface area contributed by atoms with Crippen molar-refractivity contribution in [3.8, 4) is 0 Å². The minimum Gasteiger partial charge on any atom is -0.306 e. The van der Waals surface area contributed by atoms with Crippen LogP contribution in [0.15, 0.2) is 34.1 Å². The number of benzene rings is 1. The molecule has 18 heavy (non-hydrogen) atoms. The van der Waals surface area contributed by atoms with Gasteiger partial charge >= 0.3 is 0 Å². The van der Waals surface area contributed by atoms with Gasteiger partial charge in [0, 0.05) is 4.88 Å². The number of aryl methyl sites for hydroxylation is 1. The molecule has 1 aromatic carbocycles. The molecule has 0 bridgehead atoms. The third-order valence-corrected chi connectivity index (χ3v) is 4.49. The van der Waals surface area contributed by atoms with Gasteiger partial charge in [-0.1, -0.05) is 19.1 Å². The third kappa shape index (κ3) is 2.99. The normalized spacial score (nSPS) is 12.7. The van der Waals surface area contributed by atoms with Crippen LogP contribution in [-0.2, 0) is 0 Å². The third-order valence-electron chi connectivity index (χ3n) is 2.80. The maximum atomic E-state index is 13.3. The maximum Gasteiger partial charge on any atom is 0.126 e. The lowest BCUT2D eigenvalue weighted by Crippen LogP contribution is -2.21. The van der Waals surface area contributed by atoms with Crippen molar-refractivity contribution in [2.24, 2.45) is 0 Å². The van der Waals surface area contributed by atoms with Crippen molar-refractivity contribution in [1.29, 1.82) is 0 Å². The highest BCUT2D eigenvalue weighted by atomic mass is 79.9. The minimum absolute atomic E-state index is 0.130. The summed E-state index contributed by atoms with van der Waals surface area (Å²) in [5.41, 5.74) is 1.79. The van der Waals surface area contributed by atoms with Gasteiger partial charge in [-0.3, -0.25) is 0 Å². The second-order valence-electron chi connectivity index (χ2n) is 4.14. The molecule has 1 atom stereocenters. The van der Waals surface area contributed by atoms with Gasteiger partial charge in [0.1, 0.15) is 5.82 Å². The summed E-state index contributed by atoms with van der Waals surface area (Å²) >= 11 is 5.18. The van der Waals surface area contributed by atoms with Gasteiger partial charge in [-0.15, -0.1) is 11.3 Å². The molecule has 0 aliphatic rings. The molecule has 2 rings (SSSR count). The summed E-state index contributed by atoms with van der Waals surface area (Å²) < 4.78 is 14.4. The molecular formula is C14H15BrFNS. The average Bonchev–Trinajstić information content (AvgIpc) is 2.76. The van der Waals surface area contributed by atoms with Crippen LogP contribution in [0.5, 0.6) is 0 Å². The van der Waals surface area contributed by atoms with Gasteiger partial charge in [-0.05, 0) is 58.7 Å². The standard InChI is InChI=1S/C14H15BrFNS/c1-3-17-14(12-6-7-13(15)18-12)10-4-5-11(16)9(2)8-10/h4-8,14,17H,3H2,1-2H3. The highest BCUT2D eigenvalue weighted by Gasteiger charge is 2.15. The lowest BCUT2D eigenvalue weighted by molar-refractivity contribution is 0.609. The number of hydrogen-bond acceptors (Lipinski definition) is 2. The molecule has 1 unspecified atom stereocenters. The van der Waals surface area contributed by atoms with Crippen LogP contribution in [0.2, 0.25) is 0 Å². The van der Waals surface area contributed by atoms with Crippen molar-refractivity contribution in [3.05, 3.63) is 55.9 Å². The van der Waals surface area contributed by atoms with E-state index in [2.05, 4.69) is 34.2 Å². The van der Waals surface area contributed by atoms with E-state index in [4.69, 9.17) is 0 Å². The Balaban J connectivity index is 2.37. The van der Waals surface area contributed by atoms with Gasteiger partial charge in [-0.2, -0.15) is 0 Å². The van der Waals surface area contributed by atoms with E-state index in [0.717, 1.165) is 15.9 Å². The van der Waals surface area contributed by atoms with Crippen LogP contribution in [-0.4, -0.2) is 6.54 Å². The molecule has 1 heterocycles. The van der Waals surface area contributed by atoms with Gasteiger partial charge in [0.2, 0.25) is 0 Å². The van der Waals surface area contributed by atoms with Crippen molar-refractivity contribution in [3.63, 3.8) is 0 Å². The van der Waals surface area contributed by atoms with Gasteiger partial charge in [-0.25, -0.2) is 4.39 Å². The molecule has 4 heteroatoms. The second kappa shape index (κ2) is 5.95. The number of halogens is 2. The van der Waals surface area contributed by atoms with Crippen molar-refractivity contribution in [2.75, 3.05) is 6.54 Å². The van der Waals surface area contributed by atoms with E-state index >= 15 is 0 Å². The quantitative estimate of drug-likeness (QED) is 0.861. The predicted octanol–water partition coefficient (Wildman–Crippen LogP) is 4.66. The van der Waals surface area contributed by atoms with E-state index in [9.17, 15) is 4.39 Å². The summed E-state index contributed by atoms with van der Waals surface area (Å²) in [5.74, 6) is -0.152. The van der Waals surface area contributed by atoms with E-state index in [0.29, 0.717) is 5.56 Å². The van der Waals surface area contributed by atoms with Crippen molar-refractivity contribution in [2.45, 2.75) is 19.9 Å². The highest BCUT2D eigenvalue weighted by molar-refractivity contribution is 9.11. The summed E-state index contributed by atoms with van der Waals surface area (Å²) in [6.45, 7) is 4.74. The molecule has 0 saturated carbocycles. The van der Waals surface area contributed by atoms with Crippen LogP contribution in [0.25, 0.3) is 0 Å².